The molecule has 0 aromatic heterocycles. The van der Waals surface area contributed by atoms with E-state index in [1.807, 2.05) is 79.7 Å². The van der Waals surface area contributed by atoms with Gasteiger partial charge in [0.15, 0.2) is 11.8 Å². The maximum atomic E-state index is 15.2. The molecule has 0 saturated carbocycles. The number of rotatable bonds is 19. The maximum absolute atomic E-state index is 15.2. The number of ether oxygens (including phenoxy) is 1. The average Bonchev–Trinajstić information content (AvgIpc) is 0.812. The summed E-state index contributed by atoms with van der Waals surface area (Å²) in [6, 6.07) is -5.35. The van der Waals surface area contributed by atoms with Crippen molar-refractivity contribution in [2.24, 2.45) is 35.5 Å². The van der Waals surface area contributed by atoms with Crippen molar-refractivity contribution < 1.29 is 62.3 Å². The SMILES string of the molecule is CCCC[C@@H](C)C(=O)[C@H]1C(=O)N[C@@H](CC)C(=O)N(C)CC(=O)N(C)[C@@H](CC(C)(C)OCc2ccc(C)cc2)C(=O)N[C@@H](C(C)C)C(=O)N(C)[C@@H](CC(C)C)C(=O)N[C@@H](C)C(=O)N[C@H](C)C(=O)N(C)[C@@H](CC(C)C)C(=O)N(C)[C@@H](CC(C)C)C(=O)N(C)[C@@H](C(C)C)C(=O)N1C. The van der Waals surface area contributed by atoms with Crippen LogP contribution in [0.2, 0.25) is 0 Å². The molecule has 1 fully saturated rings. The number of aryl methyl sites for hydroxylation is 1. The quantitative estimate of drug-likeness (QED) is 0.127. The van der Waals surface area contributed by atoms with E-state index in [1.165, 1.54) is 87.7 Å². The van der Waals surface area contributed by atoms with Gasteiger partial charge in [0.05, 0.1) is 18.8 Å². The number of nitrogens with zero attached hydrogens (tertiary/aromatic N) is 7. The Morgan fingerprint density at radius 1 is 0.532 bits per heavy atom. The lowest BCUT2D eigenvalue weighted by atomic mass is 9.91. The Morgan fingerprint density at radius 3 is 1.50 bits per heavy atom. The molecule has 0 radical (unpaired) electrons. The van der Waals surface area contributed by atoms with Crippen molar-refractivity contribution in [2.45, 2.75) is 249 Å². The lowest BCUT2D eigenvalue weighted by molar-refractivity contribution is -0.157. The van der Waals surface area contributed by atoms with Gasteiger partial charge in [0.2, 0.25) is 59.1 Å². The van der Waals surface area contributed by atoms with Crippen LogP contribution in [0.25, 0.3) is 0 Å². The Bertz CT molecular complexity index is 2770. The van der Waals surface area contributed by atoms with Gasteiger partial charge in [-0.2, -0.15) is 0 Å². The zero-order valence-electron chi connectivity index (χ0n) is 61.6. The van der Waals surface area contributed by atoms with Crippen molar-refractivity contribution >= 4 is 70.8 Å². The largest absolute Gasteiger partial charge is 0.371 e. The third kappa shape index (κ3) is 23.4. The number of amides is 11. The summed E-state index contributed by atoms with van der Waals surface area (Å²) >= 11 is 0. The van der Waals surface area contributed by atoms with Gasteiger partial charge >= 0.3 is 0 Å². The summed E-state index contributed by atoms with van der Waals surface area (Å²) in [6.45, 7) is 31.2. The highest BCUT2D eigenvalue weighted by molar-refractivity contribution is 6.10. The topological polar surface area (TPSA) is 285 Å². The van der Waals surface area contributed by atoms with E-state index in [1.54, 1.807) is 55.4 Å². The Labute approximate surface area is 561 Å². The third-order valence-corrected chi connectivity index (χ3v) is 17.9. The molecule has 1 aliphatic heterocycles. The predicted octanol–water partition coefficient (Wildman–Crippen LogP) is 5.35. The van der Waals surface area contributed by atoms with Gasteiger partial charge < -0.3 is 60.3 Å². The lowest BCUT2D eigenvalue weighted by Crippen LogP contribution is -2.63. The minimum absolute atomic E-state index is 0.0242. The van der Waals surface area contributed by atoms with Crippen LogP contribution in [0, 0.1) is 42.4 Å². The molecule has 24 heteroatoms. The number of carbonyl (C=O) groups excluding carboxylic acids is 12. The van der Waals surface area contributed by atoms with Crippen LogP contribution >= 0.6 is 0 Å². The van der Waals surface area contributed by atoms with Gasteiger partial charge in [0.1, 0.15) is 54.4 Å². The zero-order valence-corrected chi connectivity index (χ0v) is 61.6. The molecule has 2 rings (SSSR count). The highest BCUT2D eigenvalue weighted by Crippen LogP contribution is 2.27. The molecule has 4 N–H and O–H groups in total. The minimum Gasteiger partial charge on any atom is -0.371 e. The van der Waals surface area contributed by atoms with Crippen molar-refractivity contribution in [1.29, 1.82) is 0 Å². The van der Waals surface area contributed by atoms with Crippen LogP contribution in [0.1, 0.15) is 180 Å². The van der Waals surface area contributed by atoms with Gasteiger partial charge in [-0.3, -0.25) is 57.5 Å². The smallest absolute Gasteiger partial charge is 0.251 e. The van der Waals surface area contributed by atoms with E-state index in [0.717, 1.165) is 27.3 Å². The van der Waals surface area contributed by atoms with Gasteiger partial charge in [0, 0.05) is 61.7 Å². The average molecular weight is 1320 g/mol. The first-order valence-corrected chi connectivity index (χ1v) is 33.8. The van der Waals surface area contributed by atoms with Crippen LogP contribution in [0.3, 0.4) is 0 Å². The first-order valence-electron chi connectivity index (χ1n) is 33.8. The molecule has 1 saturated heterocycles. The number of Topliss-reactive ketones (excluding diaryl/α,β-unsaturated/α-hetero) is 1. The fourth-order valence-corrected chi connectivity index (χ4v) is 11.7. The van der Waals surface area contributed by atoms with Crippen molar-refractivity contribution in [3.63, 3.8) is 0 Å². The molecule has 11 atom stereocenters. The molecule has 0 unspecified atom stereocenters. The normalized spacial score (nSPS) is 25.1. The zero-order chi connectivity index (χ0) is 72.3. The molecule has 0 aliphatic carbocycles. The van der Waals surface area contributed by atoms with Crippen LogP contribution in [0.4, 0.5) is 0 Å². The molecule has 532 valence electrons. The summed E-state index contributed by atoms with van der Waals surface area (Å²) in [4.78, 5) is 186. The summed E-state index contributed by atoms with van der Waals surface area (Å²) in [5.74, 6) is -11.0. The van der Waals surface area contributed by atoms with Gasteiger partial charge in [-0.15, -0.1) is 0 Å². The third-order valence-electron chi connectivity index (χ3n) is 17.9. The molecular formula is C70H119N11O13. The number of ketones is 1. The van der Waals surface area contributed by atoms with E-state index in [-0.39, 0.29) is 56.5 Å². The number of hydrogen-bond donors (Lipinski definition) is 4. The number of likely N-dealkylation sites (N-methyl/N-ethyl adjacent to an activating group) is 7. The monoisotopic (exact) mass is 1320 g/mol. The van der Waals surface area contributed by atoms with E-state index >= 15 is 19.2 Å². The first kappa shape index (κ1) is 83.1. The molecular weight excluding hydrogens is 1200 g/mol. The Hall–Kier alpha value is -6.98. The number of hydrogen-bond acceptors (Lipinski definition) is 13. The second kappa shape index (κ2) is 37.4. The predicted molar refractivity (Wildman–Crippen MR) is 363 cm³/mol. The van der Waals surface area contributed by atoms with Gasteiger partial charge in [-0.25, -0.2) is 0 Å². The Morgan fingerprint density at radius 2 is 1.01 bits per heavy atom. The van der Waals surface area contributed by atoms with E-state index < -0.39 is 161 Å². The van der Waals surface area contributed by atoms with E-state index in [0.29, 0.717) is 12.8 Å². The van der Waals surface area contributed by atoms with E-state index in [2.05, 4.69) is 21.3 Å². The number of nitrogens with one attached hydrogen (secondary N) is 4. The Kier molecular flexibility index (Phi) is 33.0. The van der Waals surface area contributed by atoms with E-state index in [9.17, 15) is 38.4 Å². The van der Waals surface area contributed by atoms with Gasteiger partial charge in [0.25, 0.3) is 5.91 Å². The van der Waals surface area contributed by atoms with Crippen LogP contribution in [-0.4, -0.2) is 227 Å². The molecule has 1 aromatic rings. The number of unbranched alkanes of at least 4 members (excludes halogenated alkanes) is 1. The lowest BCUT2D eigenvalue weighted by Gasteiger charge is -2.40. The maximum Gasteiger partial charge on any atom is 0.251 e. The summed E-state index contributed by atoms with van der Waals surface area (Å²) < 4.78 is 6.43. The fourth-order valence-electron chi connectivity index (χ4n) is 11.7. The first-order chi connectivity index (χ1) is 43.5. The highest BCUT2D eigenvalue weighted by Gasteiger charge is 2.46. The van der Waals surface area contributed by atoms with Crippen molar-refractivity contribution in [1.82, 2.24) is 55.6 Å². The van der Waals surface area contributed by atoms with Gasteiger partial charge in [-0.05, 0) is 102 Å². The summed E-state index contributed by atoms with van der Waals surface area (Å²) in [7, 11) is 9.79. The molecule has 24 nitrogen and oxygen atoms in total. The molecule has 0 spiro atoms. The Balaban J connectivity index is 3.03. The van der Waals surface area contributed by atoms with E-state index in [4.69, 9.17) is 4.74 Å². The second-order valence-corrected chi connectivity index (χ2v) is 28.8. The highest BCUT2D eigenvalue weighted by atomic mass is 16.5. The van der Waals surface area contributed by atoms with Crippen LogP contribution in [-0.2, 0) is 68.9 Å². The van der Waals surface area contributed by atoms with Crippen molar-refractivity contribution in [3.05, 3.63) is 35.4 Å². The molecule has 1 aliphatic rings. The molecule has 0 bridgehead atoms. The van der Waals surface area contributed by atoms with Crippen molar-refractivity contribution in [2.75, 3.05) is 55.9 Å². The molecule has 94 heavy (non-hydrogen) atoms. The molecule has 1 heterocycles. The summed E-state index contributed by atoms with van der Waals surface area (Å²) in [5.41, 5.74) is 0.792. The van der Waals surface area contributed by atoms with Crippen LogP contribution in [0.5, 0.6) is 0 Å². The van der Waals surface area contributed by atoms with Gasteiger partial charge in [-0.1, -0.05) is 133 Å². The standard InChI is InChI=1S/C70H119N11O13/c1-26-28-29-46(14)59(83)58-63(87)73-50(27-2)65(89)75(19)38-55(82)76(20)54(37-70(17,18)94-39-49-32-30-45(13)31-33-49)62(86)74-56(43(9)10)68(92)77(21)51(34-40(3)4)61(85)71-47(15)60(84)72-48(16)64(88)78(22)52(35-41(5)6)66(90)79(23)53(36-42(7)8)67(91)80(24)57(44(11)12)69(93)81(58)25/h30-33,40-44,46-48,50-54,56-58H,26-29,34-39H2,1-25H3,(H,71,85)(H,72,84)(H,73,87)(H,74,86)/t46-,47+,48-,50+,51+,52+,53+,54+,56+,57+,58+/m1/s1. The summed E-state index contributed by atoms with van der Waals surface area (Å²) in [5, 5.41) is 11.0. The van der Waals surface area contributed by atoms with Crippen LogP contribution in [0.15, 0.2) is 24.3 Å². The van der Waals surface area contributed by atoms with Crippen LogP contribution < -0.4 is 21.3 Å². The number of carbonyl (C=O) groups is 12. The fraction of sp³-hybridized carbons (Fsp3) is 0.743. The molecule has 1 aromatic carbocycles. The molecule has 11 amide bonds. The number of benzene rings is 1. The minimum atomic E-state index is -1.80. The van der Waals surface area contributed by atoms with Crippen molar-refractivity contribution in [3.8, 4) is 0 Å². The second-order valence-electron chi connectivity index (χ2n) is 28.8. The summed E-state index contributed by atoms with van der Waals surface area (Å²) in [6.07, 6.45) is 2.00.